The minimum Gasteiger partial charge on any atom is -0.371 e. The monoisotopic (exact) mass is 262 g/mol. The number of rotatable bonds is 3. The predicted molar refractivity (Wildman–Crippen MR) is 73.7 cm³/mol. The number of ketones is 1. The number of nitrogens with zero attached hydrogens (tertiary/aromatic N) is 2. The highest BCUT2D eigenvalue weighted by Crippen LogP contribution is 2.29. The molecule has 1 aliphatic rings. The molecule has 0 atom stereocenters. The zero-order valence-electron chi connectivity index (χ0n) is 11.3. The Balaban J connectivity index is 2.34. The van der Waals surface area contributed by atoms with Crippen molar-refractivity contribution in [1.82, 2.24) is 0 Å². The molecule has 1 heterocycles. The first kappa shape index (κ1) is 13.5. The molecule has 0 bridgehead atoms. The van der Waals surface area contributed by atoms with Crippen LogP contribution in [0.3, 0.4) is 0 Å². The lowest BCUT2D eigenvalue weighted by molar-refractivity contribution is -0.384. The Labute approximate surface area is 112 Å². The first-order valence-corrected chi connectivity index (χ1v) is 6.53. The van der Waals surface area contributed by atoms with Crippen LogP contribution in [0.5, 0.6) is 0 Å². The predicted octanol–water partition coefficient (Wildman–Crippen LogP) is 3.03. The molecule has 1 fully saturated rings. The molecule has 0 amide bonds. The quantitative estimate of drug-likeness (QED) is 0.477. The van der Waals surface area contributed by atoms with Crippen LogP contribution >= 0.6 is 0 Å². The Bertz CT molecular complexity index is 505. The molecule has 0 saturated carbocycles. The van der Waals surface area contributed by atoms with Crippen molar-refractivity contribution in [1.29, 1.82) is 0 Å². The summed E-state index contributed by atoms with van der Waals surface area (Å²) in [6.45, 7) is 5.48. The Morgan fingerprint density at radius 2 is 2.00 bits per heavy atom. The Kier molecular flexibility index (Phi) is 3.83. The zero-order valence-corrected chi connectivity index (χ0v) is 11.3. The van der Waals surface area contributed by atoms with Gasteiger partial charge in [-0.2, -0.15) is 0 Å². The van der Waals surface area contributed by atoms with Crippen molar-refractivity contribution in [2.24, 2.45) is 5.92 Å². The number of hydrogen-bond acceptors (Lipinski definition) is 4. The van der Waals surface area contributed by atoms with Crippen molar-refractivity contribution in [3.63, 3.8) is 0 Å². The molecule has 2 rings (SSSR count). The van der Waals surface area contributed by atoms with E-state index in [0.717, 1.165) is 31.6 Å². The average Bonchev–Trinajstić information content (AvgIpc) is 2.38. The summed E-state index contributed by atoms with van der Waals surface area (Å²) in [6.07, 6.45) is 2.18. The van der Waals surface area contributed by atoms with Crippen LogP contribution in [-0.2, 0) is 0 Å². The van der Waals surface area contributed by atoms with Gasteiger partial charge in [0.05, 0.1) is 4.92 Å². The standard InChI is InChI=1S/C14H18N2O3/c1-10-5-7-15(8-6-10)14-4-3-12(16(18)19)9-13(14)11(2)17/h3-4,9-10H,5-8H2,1-2H3. The maximum Gasteiger partial charge on any atom is 0.270 e. The third-order valence-corrected chi connectivity index (χ3v) is 3.69. The molecular formula is C14H18N2O3. The summed E-state index contributed by atoms with van der Waals surface area (Å²) >= 11 is 0. The van der Waals surface area contributed by atoms with E-state index in [1.807, 2.05) is 0 Å². The van der Waals surface area contributed by atoms with Gasteiger partial charge >= 0.3 is 0 Å². The second-order valence-electron chi connectivity index (χ2n) is 5.18. The highest BCUT2D eigenvalue weighted by molar-refractivity contribution is 6.00. The summed E-state index contributed by atoms with van der Waals surface area (Å²) in [4.78, 5) is 24.2. The van der Waals surface area contributed by atoms with Crippen LogP contribution in [0.2, 0.25) is 0 Å². The summed E-state index contributed by atoms with van der Waals surface area (Å²) in [6, 6.07) is 4.56. The van der Waals surface area contributed by atoms with Gasteiger partial charge in [-0.15, -0.1) is 0 Å². The van der Waals surface area contributed by atoms with Gasteiger partial charge in [0.2, 0.25) is 0 Å². The van der Waals surface area contributed by atoms with Crippen LogP contribution in [0.15, 0.2) is 18.2 Å². The van der Waals surface area contributed by atoms with Gasteiger partial charge in [0.1, 0.15) is 0 Å². The molecule has 0 N–H and O–H groups in total. The molecule has 5 nitrogen and oxygen atoms in total. The number of piperidine rings is 1. The number of benzene rings is 1. The van der Waals surface area contributed by atoms with E-state index in [4.69, 9.17) is 0 Å². The third kappa shape index (κ3) is 2.92. The fourth-order valence-electron chi connectivity index (χ4n) is 2.44. The summed E-state index contributed by atoms with van der Waals surface area (Å²) in [7, 11) is 0. The van der Waals surface area contributed by atoms with Crippen molar-refractivity contribution in [2.75, 3.05) is 18.0 Å². The lowest BCUT2D eigenvalue weighted by atomic mass is 9.97. The van der Waals surface area contributed by atoms with Crippen LogP contribution in [0.1, 0.15) is 37.0 Å². The maximum absolute atomic E-state index is 11.7. The van der Waals surface area contributed by atoms with E-state index in [1.54, 1.807) is 6.07 Å². The number of nitro benzene ring substituents is 1. The topological polar surface area (TPSA) is 63.4 Å². The Morgan fingerprint density at radius 1 is 1.37 bits per heavy atom. The second kappa shape index (κ2) is 5.38. The Hall–Kier alpha value is -1.91. The van der Waals surface area contributed by atoms with Crippen LogP contribution in [0.25, 0.3) is 0 Å². The summed E-state index contributed by atoms with van der Waals surface area (Å²) < 4.78 is 0. The number of Topliss-reactive ketones (excluding diaryl/α,β-unsaturated/α-hetero) is 1. The SMILES string of the molecule is CC(=O)c1cc([N+](=O)[O-])ccc1N1CCC(C)CC1. The molecule has 0 unspecified atom stereocenters. The number of carbonyl (C=O) groups excluding carboxylic acids is 1. The van der Waals surface area contributed by atoms with E-state index in [2.05, 4.69) is 11.8 Å². The van der Waals surface area contributed by atoms with Gasteiger partial charge in [0, 0.05) is 36.5 Å². The minimum absolute atomic E-state index is 0.0284. The molecular weight excluding hydrogens is 244 g/mol. The zero-order chi connectivity index (χ0) is 14.0. The first-order valence-electron chi connectivity index (χ1n) is 6.53. The molecule has 1 saturated heterocycles. The fourth-order valence-corrected chi connectivity index (χ4v) is 2.44. The van der Waals surface area contributed by atoms with Crippen LogP contribution in [-0.4, -0.2) is 23.8 Å². The molecule has 1 aromatic rings. The normalized spacial score (nSPS) is 16.4. The van der Waals surface area contributed by atoms with Crippen LogP contribution in [0, 0.1) is 16.0 Å². The van der Waals surface area contributed by atoms with E-state index in [0.29, 0.717) is 11.5 Å². The summed E-state index contributed by atoms with van der Waals surface area (Å²) in [5.41, 5.74) is 1.24. The van der Waals surface area contributed by atoms with Gasteiger partial charge in [-0.3, -0.25) is 14.9 Å². The van der Waals surface area contributed by atoms with Crippen molar-refractivity contribution in [3.8, 4) is 0 Å². The van der Waals surface area contributed by atoms with Gasteiger partial charge in [-0.05, 0) is 31.7 Å². The fraction of sp³-hybridized carbons (Fsp3) is 0.500. The summed E-state index contributed by atoms with van der Waals surface area (Å²) in [5, 5.41) is 10.8. The number of nitro groups is 1. The molecule has 0 spiro atoms. The van der Waals surface area contributed by atoms with Crippen LogP contribution < -0.4 is 4.90 Å². The van der Waals surface area contributed by atoms with E-state index in [9.17, 15) is 14.9 Å². The molecule has 0 radical (unpaired) electrons. The third-order valence-electron chi connectivity index (χ3n) is 3.69. The van der Waals surface area contributed by atoms with Crippen molar-refractivity contribution in [2.45, 2.75) is 26.7 Å². The molecule has 1 aromatic carbocycles. The van der Waals surface area contributed by atoms with E-state index >= 15 is 0 Å². The maximum atomic E-state index is 11.7. The molecule has 5 heteroatoms. The van der Waals surface area contributed by atoms with Gasteiger partial charge in [0.25, 0.3) is 5.69 Å². The number of non-ortho nitro benzene ring substituents is 1. The van der Waals surface area contributed by atoms with Crippen LogP contribution in [0.4, 0.5) is 11.4 Å². The van der Waals surface area contributed by atoms with Crippen molar-refractivity contribution < 1.29 is 9.72 Å². The Morgan fingerprint density at radius 3 is 2.53 bits per heavy atom. The molecule has 0 aliphatic carbocycles. The number of anilines is 1. The summed E-state index contributed by atoms with van der Waals surface area (Å²) in [5.74, 6) is 0.576. The van der Waals surface area contributed by atoms with E-state index < -0.39 is 4.92 Å². The minimum atomic E-state index is -0.464. The molecule has 102 valence electrons. The highest BCUT2D eigenvalue weighted by atomic mass is 16.6. The lowest BCUT2D eigenvalue weighted by Crippen LogP contribution is -2.33. The van der Waals surface area contributed by atoms with Gasteiger partial charge in [0.15, 0.2) is 5.78 Å². The molecule has 0 aromatic heterocycles. The van der Waals surface area contributed by atoms with Gasteiger partial charge < -0.3 is 4.90 Å². The highest BCUT2D eigenvalue weighted by Gasteiger charge is 2.21. The van der Waals surface area contributed by atoms with Gasteiger partial charge in [-0.25, -0.2) is 0 Å². The van der Waals surface area contributed by atoms with E-state index in [1.165, 1.54) is 19.1 Å². The number of carbonyl (C=O) groups is 1. The van der Waals surface area contributed by atoms with Gasteiger partial charge in [-0.1, -0.05) is 6.92 Å². The molecule has 19 heavy (non-hydrogen) atoms. The number of hydrogen-bond donors (Lipinski definition) is 0. The van der Waals surface area contributed by atoms with Crippen molar-refractivity contribution in [3.05, 3.63) is 33.9 Å². The first-order chi connectivity index (χ1) is 8.99. The lowest BCUT2D eigenvalue weighted by Gasteiger charge is -2.33. The average molecular weight is 262 g/mol. The smallest absolute Gasteiger partial charge is 0.270 e. The van der Waals surface area contributed by atoms with Crippen molar-refractivity contribution >= 4 is 17.2 Å². The largest absolute Gasteiger partial charge is 0.371 e. The second-order valence-corrected chi connectivity index (χ2v) is 5.18. The molecule has 1 aliphatic heterocycles. The van der Waals surface area contributed by atoms with E-state index in [-0.39, 0.29) is 11.5 Å².